The van der Waals surface area contributed by atoms with E-state index in [1.807, 2.05) is 24.3 Å². The summed E-state index contributed by atoms with van der Waals surface area (Å²) in [5, 5.41) is 16.2. The summed E-state index contributed by atoms with van der Waals surface area (Å²) in [6.45, 7) is 4.20. The largest absolute Gasteiger partial charge is 0.508 e. The van der Waals surface area contributed by atoms with Crippen molar-refractivity contribution in [3.05, 3.63) is 54.9 Å². The van der Waals surface area contributed by atoms with Crippen LogP contribution in [0.1, 0.15) is 20.3 Å². The molecule has 6 heteroatoms. The first kappa shape index (κ1) is 16.7. The molecular formula is C19H21N5O. The van der Waals surface area contributed by atoms with E-state index < -0.39 is 0 Å². The monoisotopic (exact) mass is 335 g/mol. The third-order valence-corrected chi connectivity index (χ3v) is 3.81. The first-order valence-electron chi connectivity index (χ1n) is 8.26. The number of hydrogen-bond donors (Lipinski definition) is 3. The van der Waals surface area contributed by atoms with Gasteiger partial charge < -0.3 is 15.7 Å². The summed E-state index contributed by atoms with van der Waals surface area (Å²) in [7, 11) is 0. The van der Waals surface area contributed by atoms with Crippen molar-refractivity contribution in [2.24, 2.45) is 0 Å². The lowest BCUT2D eigenvalue weighted by molar-refractivity contribution is 0.475. The molecule has 25 heavy (non-hydrogen) atoms. The summed E-state index contributed by atoms with van der Waals surface area (Å²) < 4.78 is 0. The van der Waals surface area contributed by atoms with E-state index in [0.29, 0.717) is 11.8 Å². The number of phenolic OH excluding ortho intramolecular Hbond substituents is 1. The summed E-state index contributed by atoms with van der Waals surface area (Å²) in [4.78, 5) is 13.2. The van der Waals surface area contributed by atoms with E-state index in [0.717, 1.165) is 23.4 Å². The van der Waals surface area contributed by atoms with Crippen molar-refractivity contribution in [1.29, 1.82) is 0 Å². The van der Waals surface area contributed by atoms with Gasteiger partial charge in [-0.25, -0.2) is 4.98 Å². The summed E-state index contributed by atoms with van der Waals surface area (Å²) in [6.07, 6.45) is 4.45. The minimum atomic E-state index is 0.200. The van der Waals surface area contributed by atoms with Gasteiger partial charge in [0.25, 0.3) is 0 Å². The molecule has 3 N–H and O–H groups in total. The van der Waals surface area contributed by atoms with Crippen LogP contribution in [0.5, 0.6) is 5.75 Å². The maximum absolute atomic E-state index is 9.64. The van der Waals surface area contributed by atoms with Gasteiger partial charge in [0, 0.05) is 41.8 Å². The number of rotatable bonds is 6. The standard InChI is InChI=1S/C19H21N5O/c1-3-13(2)21-19-23-17(14-7-9-20-10-8-14)12-18(24-19)22-15-5-4-6-16(25)11-15/h4-13,25H,3H2,1-2H3,(H2,21,22,23,24)/t13-/m0/s1. The predicted octanol–water partition coefficient (Wildman–Crippen LogP) is 4.20. The summed E-state index contributed by atoms with van der Waals surface area (Å²) in [6, 6.07) is 12.9. The Balaban J connectivity index is 1.97. The van der Waals surface area contributed by atoms with Crippen LogP contribution in [-0.4, -0.2) is 26.1 Å². The van der Waals surface area contributed by atoms with Crippen molar-refractivity contribution in [2.75, 3.05) is 10.6 Å². The lowest BCUT2D eigenvalue weighted by Crippen LogP contribution is -2.16. The predicted molar refractivity (Wildman–Crippen MR) is 100 cm³/mol. The fourth-order valence-corrected chi connectivity index (χ4v) is 2.30. The van der Waals surface area contributed by atoms with Gasteiger partial charge in [0.15, 0.2) is 0 Å². The van der Waals surface area contributed by atoms with E-state index in [2.05, 4.69) is 39.4 Å². The SMILES string of the molecule is CC[C@H](C)Nc1nc(Nc2cccc(O)c2)cc(-c2ccncc2)n1. The molecule has 0 saturated heterocycles. The van der Waals surface area contributed by atoms with E-state index >= 15 is 0 Å². The molecule has 0 fully saturated rings. The van der Waals surface area contributed by atoms with Crippen molar-refractivity contribution < 1.29 is 5.11 Å². The highest BCUT2D eigenvalue weighted by Gasteiger charge is 2.09. The van der Waals surface area contributed by atoms with Crippen molar-refractivity contribution in [1.82, 2.24) is 15.0 Å². The second-order valence-electron chi connectivity index (χ2n) is 5.83. The van der Waals surface area contributed by atoms with Gasteiger partial charge in [-0.3, -0.25) is 4.98 Å². The molecule has 0 bridgehead atoms. The topological polar surface area (TPSA) is 83.0 Å². The molecule has 0 saturated carbocycles. The quantitative estimate of drug-likeness (QED) is 0.626. The normalized spacial score (nSPS) is 11.8. The Labute approximate surface area is 147 Å². The number of nitrogens with zero attached hydrogens (tertiary/aromatic N) is 3. The molecular weight excluding hydrogens is 314 g/mol. The first-order chi connectivity index (χ1) is 12.1. The number of pyridine rings is 1. The molecule has 0 unspecified atom stereocenters. The van der Waals surface area contributed by atoms with Gasteiger partial charge in [-0.2, -0.15) is 4.98 Å². The van der Waals surface area contributed by atoms with Crippen LogP contribution in [-0.2, 0) is 0 Å². The zero-order valence-corrected chi connectivity index (χ0v) is 14.3. The Hall–Kier alpha value is -3.15. The molecule has 3 aromatic rings. The van der Waals surface area contributed by atoms with Gasteiger partial charge in [-0.1, -0.05) is 13.0 Å². The van der Waals surface area contributed by atoms with E-state index in [1.165, 1.54) is 0 Å². The third kappa shape index (κ3) is 4.44. The molecule has 3 rings (SSSR count). The van der Waals surface area contributed by atoms with Crippen LogP contribution in [0.2, 0.25) is 0 Å². The van der Waals surface area contributed by atoms with Crippen LogP contribution in [0.3, 0.4) is 0 Å². The molecule has 1 atom stereocenters. The second kappa shape index (κ2) is 7.61. The molecule has 0 amide bonds. The Morgan fingerprint density at radius 2 is 1.88 bits per heavy atom. The Morgan fingerprint density at radius 3 is 2.60 bits per heavy atom. The zero-order chi connectivity index (χ0) is 17.6. The van der Waals surface area contributed by atoms with E-state index in [9.17, 15) is 5.11 Å². The smallest absolute Gasteiger partial charge is 0.225 e. The van der Waals surface area contributed by atoms with Crippen molar-refractivity contribution in [3.8, 4) is 17.0 Å². The van der Waals surface area contributed by atoms with Crippen molar-refractivity contribution >= 4 is 17.5 Å². The van der Waals surface area contributed by atoms with E-state index in [1.54, 1.807) is 30.6 Å². The van der Waals surface area contributed by atoms with Crippen molar-refractivity contribution in [3.63, 3.8) is 0 Å². The molecule has 0 spiro atoms. The summed E-state index contributed by atoms with van der Waals surface area (Å²) >= 11 is 0. The van der Waals surface area contributed by atoms with Crippen molar-refractivity contribution in [2.45, 2.75) is 26.3 Å². The van der Waals surface area contributed by atoms with Crippen LogP contribution >= 0.6 is 0 Å². The lowest BCUT2D eigenvalue weighted by atomic mass is 10.2. The highest BCUT2D eigenvalue weighted by atomic mass is 16.3. The Kier molecular flexibility index (Phi) is 5.09. The van der Waals surface area contributed by atoms with E-state index in [4.69, 9.17) is 0 Å². The summed E-state index contributed by atoms with van der Waals surface area (Å²) in [5.41, 5.74) is 2.52. The highest BCUT2D eigenvalue weighted by molar-refractivity contribution is 5.67. The molecule has 2 aromatic heterocycles. The molecule has 2 heterocycles. The highest BCUT2D eigenvalue weighted by Crippen LogP contribution is 2.25. The third-order valence-electron chi connectivity index (χ3n) is 3.81. The fourth-order valence-electron chi connectivity index (χ4n) is 2.30. The number of benzene rings is 1. The maximum atomic E-state index is 9.64. The number of aromatic hydroxyl groups is 1. The van der Waals surface area contributed by atoms with Gasteiger partial charge in [-0.15, -0.1) is 0 Å². The lowest BCUT2D eigenvalue weighted by Gasteiger charge is -2.14. The number of anilines is 3. The van der Waals surface area contributed by atoms with Crippen LogP contribution in [0, 0.1) is 0 Å². The van der Waals surface area contributed by atoms with Gasteiger partial charge in [0.2, 0.25) is 5.95 Å². The van der Waals surface area contributed by atoms with Crippen LogP contribution in [0.15, 0.2) is 54.9 Å². The van der Waals surface area contributed by atoms with Gasteiger partial charge in [0.05, 0.1) is 5.69 Å². The molecule has 1 aromatic carbocycles. The molecule has 6 nitrogen and oxygen atoms in total. The van der Waals surface area contributed by atoms with Gasteiger partial charge in [0.1, 0.15) is 11.6 Å². The fraction of sp³-hybridized carbons (Fsp3) is 0.211. The zero-order valence-electron chi connectivity index (χ0n) is 14.3. The number of hydrogen-bond acceptors (Lipinski definition) is 6. The average molecular weight is 335 g/mol. The van der Waals surface area contributed by atoms with Gasteiger partial charge in [-0.05, 0) is 37.6 Å². The maximum Gasteiger partial charge on any atom is 0.225 e. The minimum absolute atomic E-state index is 0.200. The second-order valence-corrected chi connectivity index (χ2v) is 5.83. The Morgan fingerprint density at radius 1 is 1.08 bits per heavy atom. The molecule has 128 valence electrons. The van der Waals surface area contributed by atoms with Crippen LogP contribution in [0.4, 0.5) is 17.5 Å². The minimum Gasteiger partial charge on any atom is -0.508 e. The molecule has 0 radical (unpaired) electrons. The molecule has 0 aliphatic heterocycles. The number of phenols is 1. The molecule has 0 aliphatic carbocycles. The van der Waals surface area contributed by atoms with E-state index in [-0.39, 0.29) is 11.8 Å². The number of aromatic nitrogens is 3. The molecule has 0 aliphatic rings. The first-order valence-corrected chi connectivity index (χ1v) is 8.26. The number of nitrogens with one attached hydrogen (secondary N) is 2. The van der Waals surface area contributed by atoms with Crippen LogP contribution in [0.25, 0.3) is 11.3 Å². The van der Waals surface area contributed by atoms with Crippen LogP contribution < -0.4 is 10.6 Å². The average Bonchev–Trinajstić information content (AvgIpc) is 2.62. The van der Waals surface area contributed by atoms with Gasteiger partial charge >= 0.3 is 0 Å². The summed E-state index contributed by atoms with van der Waals surface area (Å²) in [5.74, 6) is 1.41. The Bertz CT molecular complexity index is 838.